The molecule has 3 unspecified atom stereocenters. The molecule has 0 aromatic rings. The summed E-state index contributed by atoms with van der Waals surface area (Å²) < 4.78 is 0. The Balaban J connectivity index is 1.90. The van der Waals surface area contributed by atoms with Crippen LogP contribution in [-0.2, 0) is 0 Å². The second-order valence-electron chi connectivity index (χ2n) is 5.06. The fourth-order valence-electron chi connectivity index (χ4n) is 3.39. The smallest absolute Gasteiger partial charge is 0.0353 e. The minimum absolute atomic E-state index is 0.761. The van der Waals surface area contributed by atoms with E-state index < -0.39 is 0 Å². The molecule has 1 N–H and O–H groups in total. The van der Waals surface area contributed by atoms with Crippen LogP contribution in [0.25, 0.3) is 0 Å². The van der Waals surface area contributed by atoms with Gasteiger partial charge in [0.2, 0.25) is 0 Å². The molecule has 2 aliphatic carbocycles. The summed E-state index contributed by atoms with van der Waals surface area (Å²) >= 11 is 0. The first kappa shape index (κ1) is 8.58. The van der Waals surface area contributed by atoms with Gasteiger partial charge in [-0.1, -0.05) is 25.5 Å². The molecule has 0 saturated heterocycles. The lowest BCUT2D eigenvalue weighted by atomic mass is 9.76. The van der Waals surface area contributed by atoms with E-state index in [1.807, 2.05) is 0 Å². The van der Waals surface area contributed by atoms with Crippen LogP contribution in [0.2, 0.25) is 0 Å². The molecular weight excluding hydrogens is 170 g/mol. The van der Waals surface area contributed by atoms with Gasteiger partial charge >= 0.3 is 0 Å². The molecule has 0 bridgehead atoms. The molecule has 0 amide bonds. The molecule has 1 fully saturated rings. The predicted molar refractivity (Wildman–Crippen MR) is 58.8 cm³/mol. The quantitative estimate of drug-likeness (QED) is 0.617. The summed E-state index contributed by atoms with van der Waals surface area (Å²) in [6, 6.07) is 0.761. The maximum absolute atomic E-state index is 3.77. The third-order valence-corrected chi connectivity index (χ3v) is 4.17. The third-order valence-electron chi connectivity index (χ3n) is 4.17. The van der Waals surface area contributed by atoms with Crippen LogP contribution >= 0.6 is 0 Å². The first-order valence-electron chi connectivity index (χ1n) is 6.02. The van der Waals surface area contributed by atoms with Gasteiger partial charge in [0.15, 0.2) is 0 Å². The lowest BCUT2D eigenvalue weighted by Gasteiger charge is -2.32. The topological polar surface area (TPSA) is 12.0 Å². The zero-order valence-corrected chi connectivity index (χ0v) is 8.92. The number of hydrogen-bond acceptors (Lipinski definition) is 1. The fourth-order valence-corrected chi connectivity index (χ4v) is 3.39. The summed E-state index contributed by atoms with van der Waals surface area (Å²) in [6.07, 6.45) is 11.5. The van der Waals surface area contributed by atoms with E-state index in [0.29, 0.717) is 0 Å². The van der Waals surface area contributed by atoms with Crippen LogP contribution in [0.3, 0.4) is 0 Å². The van der Waals surface area contributed by atoms with Gasteiger partial charge in [-0.2, -0.15) is 0 Å². The summed E-state index contributed by atoms with van der Waals surface area (Å²) in [7, 11) is 0. The Hall–Kier alpha value is -0.720. The maximum Gasteiger partial charge on any atom is 0.0353 e. The Morgan fingerprint density at radius 2 is 2.29 bits per heavy atom. The van der Waals surface area contributed by atoms with Crippen molar-refractivity contribution < 1.29 is 0 Å². The molecule has 14 heavy (non-hydrogen) atoms. The molecule has 1 saturated carbocycles. The van der Waals surface area contributed by atoms with Gasteiger partial charge < -0.3 is 5.32 Å². The lowest BCUT2D eigenvalue weighted by molar-refractivity contribution is 0.256. The van der Waals surface area contributed by atoms with Crippen molar-refractivity contribution in [3.63, 3.8) is 0 Å². The van der Waals surface area contributed by atoms with Crippen molar-refractivity contribution in [1.82, 2.24) is 5.32 Å². The van der Waals surface area contributed by atoms with E-state index in [-0.39, 0.29) is 0 Å². The van der Waals surface area contributed by atoms with E-state index in [2.05, 4.69) is 24.4 Å². The van der Waals surface area contributed by atoms with Crippen LogP contribution in [0.5, 0.6) is 0 Å². The highest BCUT2D eigenvalue weighted by atomic mass is 15.0. The van der Waals surface area contributed by atoms with Gasteiger partial charge in [-0.15, -0.1) is 0 Å². The summed E-state index contributed by atoms with van der Waals surface area (Å²) in [5, 5.41) is 3.77. The average Bonchev–Trinajstić information content (AvgIpc) is 2.59. The van der Waals surface area contributed by atoms with Crippen LogP contribution in [0.15, 0.2) is 23.4 Å². The Morgan fingerprint density at radius 3 is 3.21 bits per heavy atom. The van der Waals surface area contributed by atoms with Crippen molar-refractivity contribution in [3.8, 4) is 0 Å². The largest absolute Gasteiger partial charge is 0.384 e. The highest BCUT2D eigenvalue weighted by Gasteiger charge is 2.38. The first-order valence-corrected chi connectivity index (χ1v) is 6.02. The zero-order chi connectivity index (χ0) is 9.54. The number of nitrogens with one attached hydrogen (secondary N) is 1. The van der Waals surface area contributed by atoms with E-state index in [1.165, 1.54) is 32.1 Å². The third kappa shape index (κ3) is 1.14. The molecule has 3 aliphatic rings. The van der Waals surface area contributed by atoms with Crippen LogP contribution < -0.4 is 5.32 Å². The van der Waals surface area contributed by atoms with Gasteiger partial charge in [0, 0.05) is 17.7 Å². The molecule has 1 aliphatic heterocycles. The molecule has 0 radical (unpaired) electrons. The number of allylic oxidation sites excluding steroid dienone is 3. The fraction of sp³-hybridized carbons (Fsp3) is 0.692. The SMILES string of the molecule is CC1CCCC2C3=C(CCC=C3)NC12. The highest BCUT2D eigenvalue weighted by Crippen LogP contribution is 2.42. The maximum atomic E-state index is 3.77. The first-order chi connectivity index (χ1) is 6.86. The van der Waals surface area contributed by atoms with Crippen molar-refractivity contribution in [2.75, 3.05) is 0 Å². The molecule has 76 valence electrons. The molecule has 0 aromatic carbocycles. The van der Waals surface area contributed by atoms with Gasteiger partial charge in [-0.25, -0.2) is 0 Å². The minimum Gasteiger partial charge on any atom is -0.384 e. The second-order valence-corrected chi connectivity index (χ2v) is 5.06. The number of rotatable bonds is 0. The normalized spacial score (nSPS) is 40.5. The summed E-state index contributed by atoms with van der Waals surface area (Å²) in [5.74, 6) is 1.71. The van der Waals surface area contributed by atoms with Crippen LogP contribution in [0.1, 0.15) is 39.0 Å². The van der Waals surface area contributed by atoms with Crippen LogP contribution in [0, 0.1) is 11.8 Å². The molecule has 3 rings (SSSR count). The van der Waals surface area contributed by atoms with Crippen molar-refractivity contribution in [2.24, 2.45) is 11.8 Å². The van der Waals surface area contributed by atoms with E-state index in [0.717, 1.165) is 17.9 Å². The molecule has 3 atom stereocenters. The zero-order valence-electron chi connectivity index (χ0n) is 8.92. The Bertz CT molecular complexity index is 300. The Morgan fingerprint density at radius 1 is 1.36 bits per heavy atom. The molecule has 1 nitrogen and oxygen atoms in total. The van der Waals surface area contributed by atoms with Gasteiger partial charge in [0.05, 0.1) is 0 Å². The van der Waals surface area contributed by atoms with Crippen molar-refractivity contribution >= 4 is 0 Å². The highest BCUT2D eigenvalue weighted by molar-refractivity contribution is 5.37. The molecule has 1 heterocycles. The minimum atomic E-state index is 0.761. The van der Waals surface area contributed by atoms with E-state index in [4.69, 9.17) is 0 Å². The summed E-state index contributed by atoms with van der Waals surface area (Å²) in [6.45, 7) is 2.41. The van der Waals surface area contributed by atoms with Crippen molar-refractivity contribution in [1.29, 1.82) is 0 Å². The van der Waals surface area contributed by atoms with E-state index in [1.54, 1.807) is 11.3 Å². The van der Waals surface area contributed by atoms with Gasteiger partial charge in [0.1, 0.15) is 0 Å². The summed E-state index contributed by atoms with van der Waals surface area (Å²) in [4.78, 5) is 0. The van der Waals surface area contributed by atoms with Gasteiger partial charge in [-0.05, 0) is 37.2 Å². The van der Waals surface area contributed by atoms with Crippen molar-refractivity contribution in [2.45, 2.75) is 45.1 Å². The average molecular weight is 189 g/mol. The second kappa shape index (κ2) is 3.15. The molecule has 0 aromatic heterocycles. The Kier molecular flexibility index (Phi) is 1.93. The predicted octanol–water partition coefficient (Wildman–Crippen LogP) is 3.00. The van der Waals surface area contributed by atoms with Crippen molar-refractivity contribution in [3.05, 3.63) is 23.4 Å². The van der Waals surface area contributed by atoms with Crippen LogP contribution in [0.4, 0.5) is 0 Å². The number of fused-ring (bicyclic) bond motifs is 2. The van der Waals surface area contributed by atoms with E-state index in [9.17, 15) is 0 Å². The molecule has 0 spiro atoms. The van der Waals surface area contributed by atoms with E-state index >= 15 is 0 Å². The monoisotopic (exact) mass is 189 g/mol. The number of hydrogen-bond donors (Lipinski definition) is 1. The lowest BCUT2D eigenvalue weighted by Crippen LogP contribution is -2.38. The molecule has 1 heteroatoms. The molecular formula is C13H19N. The Labute approximate surface area is 86.3 Å². The summed E-state index contributed by atoms with van der Waals surface area (Å²) in [5.41, 5.74) is 3.21. The van der Waals surface area contributed by atoms with Gasteiger partial charge in [-0.3, -0.25) is 0 Å². The van der Waals surface area contributed by atoms with Crippen LogP contribution in [-0.4, -0.2) is 6.04 Å². The van der Waals surface area contributed by atoms with Gasteiger partial charge in [0.25, 0.3) is 0 Å². The standard InChI is InChI=1S/C13H19N/c1-9-5-4-7-11-10-6-2-3-8-12(10)14-13(9)11/h2,6,9,11,13-14H,3-5,7-8H2,1H3.